The summed E-state index contributed by atoms with van der Waals surface area (Å²) in [7, 11) is 0. The topological polar surface area (TPSA) is 72.9 Å². The molecule has 21 heavy (non-hydrogen) atoms. The van der Waals surface area contributed by atoms with Crippen LogP contribution in [0.2, 0.25) is 0 Å². The van der Waals surface area contributed by atoms with Crippen LogP contribution in [0.3, 0.4) is 0 Å². The maximum absolute atomic E-state index is 12.5. The van der Waals surface area contributed by atoms with Crippen LogP contribution >= 0.6 is 15.9 Å². The van der Waals surface area contributed by atoms with Gasteiger partial charge in [-0.1, -0.05) is 20.3 Å². The number of halogens is 1. The summed E-state index contributed by atoms with van der Waals surface area (Å²) in [5.41, 5.74) is 6.51. The molecule has 6 heteroatoms. The van der Waals surface area contributed by atoms with Gasteiger partial charge in [0, 0.05) is 18.6 Å². The van der Waals surface area contributed by atoms with Crippen LogP contribution in [-0.4, -0.2) is 21.9 Å². The van der Waals surface area contributed by atoms with Crippen LogP contribution in [0, 0.1) is 5.92 Å². The highest BCUT2D eigenvalue weighted by atomic mass is 79.9. The molecule has 1 heterocycles. The van der Waals surface area contributed by atoms with Gasteiger partial charge < -0.3 is 11.1 Å². The van der Waals surface area contributed by atoms with Crippen LogP contribution in [0.25, 0.3) is 0 Å². The fraction of sp³-hybridized carbons (Fsp3) is 0.733. The Labute approximate surface area is 134 Å². The number of hydrogen-bond acceptors (Lipinski definition) is 4. The van der Waals surface area contributed by atoms with Gasteiger partial charge in [0.25, 0.3) is 5.56 Å². The van der Waals surface area contributed by atoms with E-state index in [0.29, 0.717) is 22.6 Å². The van der Waals surface area contributed by atoms with E-state index in [1.807, 2.05) is 0 Å². The minimum absolute atomic E-state index is 0.0640. The molecule has 5 nitrogen and oxygen atoms in total. The third-order valence-electron chi connectivity index (χ3n) is 4.68. The molecule has 1 aromatic heterocycles. The molecule has 0 aliphatic heterocycles. The number of nitrogens with one attached hydrogen (secondary N) is 1. The van der Waals surface area contributed by atoms with E-state index in [1.54, 1.807) is 10.9 Å². The lowest BCUT2D eigenvalue weighted by Gasteiger charge is -2.28. The Hall–Kier alpha value is -0.880. The zero-order valence-electron chi connectivity index (χ0n) is 12.9. The molecular weight excluding hydrogens is 332 g/mol. The fourth-order valence-electron chi connectivity index (χ4n) is 2.44. The van der Waals surface area contributed by atoms with Crippen molar-refractivity contribution in [1.29, 1.82) is 0 Å². The summed E-state index contributed by atoms with van der Waals surface area (Å²) in [6.07, 6.45) is 7.10. The van der Waals surface area contributed by atoms with Crippen LogP contribution in [0.15, 0.2) is 15.5 Å². The number of aromatic nitrogens is 2. The van der Waals surface area contributed by atoms with Gasteiger partial charge in [0.2, 0.25) is 0 Å². The Balaban J connectivity index is 2.14. The third kappa shape index (κ3) is 3.86. The standard InChI is InChI=1S/C15H25BrN4O/c1-3-15(17,4-2)10-18-13-12(16)8-19-20(14(13)21)9-11-6-5-7-11/h8,11,18H,3-7,9-10,17H2,1-2H3. The molecule has 0 unspecified atom stereocenters. The van der Waals surface area contributed by atoms with Crippen LogP contribution in [0.5, 0.6) is 0 Å². The highest BCUT2D eigenvalue weighted by molar-refractivity contribution is 9.10. The lowest BCUT2D eigenvalue weighted by molar-refractivity contribution is 0.262. The quantitative estimate of drug-likeness (QED) is 0.787. The lowest BCUT2D eigenvalue weighted by Crippen LogP contribution is -2.46. The fourth-order valence-corrected chi connectivity index (χ4v) is 2.84. The van der Waals surface area contributed by atoms with Gasteiger partial charge in [-0.3, -0.25) is 4.79 Å². The van der Waals surface area contributed by atoms with Crippen molar-refractivity contribution in [1.82, 2.24) is 9.78 Å². The molecule has 2 rings (SSSR count). The summed E-state index contributed by atoms with van der Waals surface area (Å²) < 4.78 is 2.28. The van der Waals surface area contributed by atoms with Crippen LogP contribution < -0.4 is 16.6 Å². The Kier molecular flexibility index (Phi) is 5.43. The Bertz CT molecular complexity index is 535. The average Bonchev–Trinajstić information content (AvgIpc) is 2.44. The van der Waals surface area contributed by atoms with Crippen LogP contribution in [0.4, 0.5) is 5.69 Å². The molecule has 0 aromatic carbocycles. The first-order valence-electron chi connectivity index (χ1n) is 7.77. The van der Waals surface area contributed by atoms with Crippen molar-refractivity contribution in [2.45, 2.75) is 58.0 Å². The first-order valence-corrected chi connectivity index (χ1v) is 8.56. The molecule has 0 spiro atoms. The number of nitrogens with two attached hydrogens (primary N) is 1. The molecule has 0 amide bonds. The molecular formula is C15H25BrN4O. The minimum Gasteiger partial charge on any atom is -0.378 e. The van der Waals surface area contributed by atoms with Crippen molar-refractivity contribution >= 4 is 21.6 Å². The summed E-state index contributed by atoms with van der Waals surface area (Å²) in [6, 6.07) is 0. The summed E-state index contributed by atoms with van der Waals surface area (Å²) in [6.45, 7) is 5.45. The van der Waals surface area contributed by atoms with Crippen molar-refractivity contribution in [3.05, 3.63) is 21.0 Å². The molecule has 0 saturated heterocycles. The van der Waals surface area contributed by atoms with E-state index < -0.39 is 0 Å². The van der Waals surface area contributed by atoms with E-state index in [2.05, 4.69) is 40.2 Å². The second-order valence-electron chi connectivity index (χ2n) is 6.07. The Morgan fingerprint density at radius 2 is 2.14 bits per heavy atom. The summed E-state index contributed by atoms with van der Waals surface area (Å²) in [5.74, 6) is 0.601. The van der Waals surface area contributed by atoms with E-state index >= 15 is 0 Å². The van der Waals surface area contributed by atoms with Crippen molar-refractivity contribution < 1.29 is 0 Å². The number of nitrogens with zero attached hydrogens (tertiary/aromatic N) is 2. The van der Waals surface area contributed by atoms with Crippen molar-refractivity contribution in [2.24, 2.45) is 11.7 Å². The lowest BCUT2D eigenvalue weighted by atomic mass is 9.85. The first kappa shape index (κ1) is 16.5. The number of hydrogen-bond donors (Lipinski definition) is 2. The van der Waals surface area contributed by atoms with Gasteiger partial charge >= 0.3 is 0 Å². The Morgan fingerprint density at radius 1 is 1.48 bits per heavy atom. The molecule has 1 aliphatic rings. The zero-order chi connectivity index (χ0) is 15.5. The molecule has 3 N–H and O–H groups in total. The van der Waals surface area contributed by atoms with Crippen LogP contribution in [-0.2, 0) is 6.54 Å². The van der Waals surface area contributed by atoms with E-state index in [0.717, 1.165) is 19.4 Å². The van der Waals surface area contributed by atoms with Crippen molar-refractivity contribution in [2.75, 3.05) is 11.9 Å². The molecule has 0 bridgehead atoms. The van der Waals surface area contributed by atoms with E-state index in [9.17, 15) is 4.79 Å². The zero-order valence-corrected chi connectivity index (χ0v) is 14.4. The predicted molar refractivity (Wildman–Crippen MR) is 89.5 cm³/mol. The highest BCUT2D eigenvalue weighted by Crippen LogP contribution is 2.27. The smallest absolute Gasteiger partial charge is 0.291 e. The van der Waals surface area contributed by atoms with Gasteiger partial charge in [-0.2, -0.15) is 5.10 Å². The SMILES string of the molecule is CCC(N)(CC)CNc1c(Br)cnn(CC2CCC2)c1=O. The van der Waals surface area contributed by atoms with Gasteiger partial charge in [0.15, 0.2) is 0 Å². The van der Waals surface area contributed by atoms with E-state index in [-0.39, 0.29) is 11.1 Å². The summed E-state index contributed by atoms with van der Waals surface area (Å²) >= 11 is 3.41. The van der Waals surface area contributed by atoms with Gasteiger partial charge in [0.1, 0.15) is 5.69 Å². The maximum Gasteiger partial charge on any atom is 0.291 e. The summed E-state index contributed by atoms with van der Waals surface area (Å²) in [4.78, 5) is 12.5. The molecule has 1 aromatic rings. The van der Waals surface area contributed by atoms with E-state index in [1.165, 1.54) is 19.3 Å². The van der Waals surface area contributed by atoms with Crippen LogP contribution in [0.1, 0.15) is 46.0 Å². The molecule has 118 valence electrons. The number of rotatable bonds is 7. The maximum atomic E-state index is 12.5. The predicted octanol–water partition coefficient (Wildman–Crippen LogP) is 2.74. The number of anilines is 1. The second kappa shape index (κ2) is 6.92. The molecule has 1 saturated carbocycles. The third-order valence-corrected chi connectivity index (χ3v) is 5.28. The minimum atomic E-state index is -0.284. The van der Waals surface area contributed by atoms with Gasteiger partial charge in [-0.25, -0.2) is 4.68 Å². The van der Waals surface area contributed by atoms with Gasteiger partial charge in [-0.05, 0) is 47.5 Å². The normalized spacial score (nSPS) is 15.8. The first-order chi connectivity index (χ1) is 9.99. The largest absolute Gasteiger partial charge is 0.378 e. The molecule has 1 aliphatic carbocycles. The second-order valence-corrected chi connectivity index (χ2v) is 6.93. The molecule has 0 atom stereocenters. The van der Waals surface area contributed by atoms with Gasteiger partial charge in [0.05, 0.1) is 10.7 Å². The highest BCUT2D eigenvalue weighted by Gasteiger charge is 2.23. The Morgan fingerprint density at radius 3 is 2.67 bits per heavy atom. The monoisotopic (exact) mass is 356 g/mol. The molecule has 1 fully saturated rings. The van der Waals surface area contributed by atoms with Crippen molar-refractivity contribution in [3.8, 4) is 0 Å². The van der Waals surface area contributed by atoms with Crippen molar-refractivity contribution in [3.63, 3.8) is 0 Å². The molecule has 0 radical (unpaired) electrons. The average molecular weight is 357 g/mol. The van der Waals surface area contributed by atoms with E-state index in [4.69, 9.17) is 5.73 Å². The summed E-state index contributed by atoms with van der Waals surface area (Å²) in [5, 5.41) is 7.46. The van der Waals surface area contributed by atoms with Gasteiger partial charge in [-0.15, -0.1) is 0 Å².